The molecule has 9 nitrogen and oxygen atoms in total. The van der Waals surface area contributed by atoms with Crippen LogP contribution in [-0.2, 0) is 16.6 Å². The highest BCUT2D eigenvalue weighted by molar-refractivity contribution is 7.99. The van der Waals surface area contributed by atoms with E-state index in [2.05, 4.69) is 25.6 Å². The lowest BCUT2D eigenvalue weighted by Gasteiger charge is -2.13. The molecule has 0 unspecified atom stereocenters. The summed E-state index contributed by atoms with van der Waals surface area (Å²) in [4.78, 5) is 36.1. The van der Waals surface area contributed by atoms with Gasteiger partial charge in [-0.3, -0.25) is 9.59 Å². The average Bonchev–Trinajstić information content (AvgIpc) is 3.18. The van der Waals surface area contributed by atoms with Crippen LogP contribution in [0.2, 0.25) is 0 Å². The molecule has 3 rings (SSSR count). The molecule has 0 aliphatic heterocycles. The van der Waals surface area contributed by atoms with Gasteiger partial charge in [0.15, 0.2) is 11.0 Å². The van der Waals surface area contributed by atoms with Gasteiger partial charge in [-0.2, -0.15) is 0 Å². The Hall–Kier alpha value is -3.66. The van der Waals surface area contributed by atoms with Crippen LogP contribution in [0, 0.1) is 0 Å². The number of rotatable bonds is 8. The van der Waals surface area contributed by atoms with Crippen molar-refractivity contribution in [1.82, 2.24) is 20.1 Å². The standard InChI is InChI=1S/C22H23N5O4S/c1-14(23-20(29)15-7-5-4-6-8-15)19-25-26-22(27(19)2)32-13-18(28)24-17-11-9-16(10-12-17)21(30)31-3/h4-12,14H,13H2,1-3H3,(H,23,29)(H,24,28)/t14-/m1/s1. The molecule has 0 saturated carbocycles. The predicted octanol–water partition coefficient (Wildman–Crippen LogP) is 2.82. The molecule has 0 aliphatic rings. The number of anilines is 1. The Balaban J connectivity index is 1.54. The van der Waals surface area contributed by atoms with Crippen molar-refractivity contribution in [3.63, 3.8) is 0 Å². The highest BCUT2D eigenvalue weighted by Crippen LogP contribution is 2.20. The largest absolute Gasteiger partial charge is 0.465 e. The van der Waals surface area contributed by atoms with Gasteiger partial charge in [0.1, 0.15) is 0 Å². The van der Waals surface area contributed by atoms with E-state index >= 15 is 0 Å². The second-order valence-corrected chi connectivity index (χ2v) is 7.81. The number of hydrogen-bond donors (Lipinski definition) is 2. The molecule has 0 bridgehead atoms. The van der Waals surface area contributed by atoms with Crippen molar-refractivity contribution in [2.24, 2.45) is 7.05 Å². The van der Waals surface area contributed by atoms with Crippen molar-refractivity contribution >= 4 is 35.2 Å². The summed E-state index contributed by atoms with van der Waals surface area (Å²) in [7, 11) is 3.09. The molecule has 2 amide bonds. The topological polar surface area (TPSA) is 115 Å². The highest BCUT2D eigenvalue weighted by Gasteiger charge is 2.19. The predicted molar refractivity (Wildman–Crippen MR) is 120 cm³/mol. The van der Waals surface area contributed by atoms with Gasteiger partial charge < -0.3 is 19.9 Å². The Labute approximate surface area is 189 Å². The molecule has 0 saturated heterocycles. The third-order valence-electron chi connectivity index (χ3n) is 4.56. The summed E-state index contributed by atoms with van der Waals surface area (Å²) in [6, 6.07) is 15.0. The van der Waals surface area contributed by atoms with Crippen LogP contribution >= 0.6 is 11.8 Å². The molecule has 1 atom stereocenters. The number of amides is 2. The van der Waals surface area contributed by atoms with Crippen LogP contribution < -0.4 is 10.6 Å². The Kier molecular flexibility index (Phi) is 7.61. The van der Waals surface area contributed by atoms with Gasteiger partial charge in [0.2, 0.25) is 5.91 Å². The molecule has 3 aromatic rings. The second-order valence-electron chi connectivity index (χ2n) is 6.87. The molecule has 0 aliphatic carbocycles. The van der Waals surface area contributed by atoms with Gasteiger partial charge in [0.25, 0.3) is 5.91 Å². The number of hydrogen-bond acceptors (Lipinski definition) is 7. The van der Waals surface area contributed by atoms with Crippen LogP contribution in [0.1, 0.15) is 39.5 Å². The van der Waals surface area contributed by atoms with E-state index in [0.717, 1.165) is 0 Å². The zero-order valence-electron chi connectivity index (χ0n) is 17.9. The van der Waals surface area contributed by atoms with Crippen LogP contribution in [0.4, 0.5) is 5.69 Å². The number of carbonyl (C=O) groups is 3. The van der Waals surface area contributed by atoms with Crippen molar-refractivity contribution in [3.8, 4) is 0 Å². The van der Waals surface area contributed by atoms with Gasteiger partial charge >= 0.3 is 5.97 Å². The number of aromatic nitrogens is 3. The Bertz CT molecular complexity index is 1100. The summed E-state index contributed by atoms with van der Waals surface area (Å²) in [5.74, 6) is -0.167. The van der Waals surface area contributed by atoms with Crippen molar-refractivity contribution in [2.75, 3.05) is 18.2 Å². The molecular formula is C22H23N5O4S. The second kappa shape index (κ2) is 10.6. The van der Waals surface area contributed by atoms with Gasteiger partial charge in [-0.15, -0.1) is 10.2 Å². The van der Waals surface area contributed by atoms with E-state index in [1.54, 1.807) is 60.1 Å². The average molecular weight is 454 g/mol. The minimum absolute atomic E-state index is 0.121. The molecular weight excluding hydrogens is 430 g/mol. The fraction of sp³-hybridized carbons (Fsp3) is 0.227. The van der Waals surface area contributed by atoms with Gasteiger partial charge in [-0.05, 0) is 43.3 Å². The number of nitrogens with zero attached hydrogens (tertiary/aromatic N) is 3. The Morgan fingerprint density at radius 1 is 1.03 bits per heavy atom. The summed E-state index contributed by atoms with van der Waals surface area (Å²) >= 11 is 1.23. The van der Waals surface area contributed by atoms with Crippen LogP contribution in [0.5, 0.6) is 0 Å². The van der Waals surface area contributed by atoms with Crippen LogP contribution in [0.15, 0.2) is 59.8 Å². The number of esters is 1. The smallest absolute Gasteiger partial charge is 0.337 e. The first-order valence-electron chi connectivity index (χ1n) is 9.75. The first-order chi connectivity index (χ1) is 15.4. The Morgan fingerprint density at radius 2 is 1.72 bits per heavy atom. The summed E-state index contributed by atoms with van der Waals surface area (Å²) < 4.78 is 6.40. The number of benzene rings is 2. The normalized spacial score (nSPS) is 11.5. The first-order valence-corrected chi connectivity index (χ1v) is 10.7. The summed E-state index contributed by atoms with van der Waals surface area (Å²) in [5.41, 5.74) is 1.53. The SMILES string of the molecule is COC(=O)c1ccc(NC(=O)CSc2nnc([C@@H](C)NC(=O)c3ccccc3)n2C)cc1. The third-order valence-corrected chi connectivity index (χ3v) is 5.58. The van der Waals surface area contributed by atoms with E-state index < -0.39 is 5.97 Å². The fourth-order valence-electron chi connectivity index (χ4n) is 2.90. The molecule has 166 valence electrons. The van der Waals surface area contributed by atoms with E-state index in [-0.39, 0.29) is 23.6 Å². The molecule has 0 spiro atoms. The van der Waals surface area contributed by atoms with Gasteiger partial charge in [-0.25, -0.2) is 4.79 Å². The molecule has 2 N–H and O–H groups in total. The monoisotopic (exact) mass is 453 g/mol. The lowest BCUT2D eigenvalue weighted by atomic mass is 10.2. The van der Waals surface area contributed by atoms with E-state index in [1.807, 2.05) is 13.0 Å². The number of carbonyl (C=O) groups excluding carboxylic acids is 3. The minimum Gasteiger partial charge on any atom is -0.465 e. The number of ether oxygens (including phenoxy) is 1. The fourth-order valence-corrected chi connectivity index (χ4v) is 3.62. The van der Waals surface area contributed by atoms with Gasteiger partial charge in [0, 0.05) is 18.3 Å². The number of methoxy groups -OCH3 is 1. The minimum atomic E-state index is -0.439. The molecule has 0 fully saturated rings. The molecule has 1 heterocycles. The Morgan fingerprint density at radius 3 is 2.38 bits per heavy atom. The van der Waals surface area contributed by atoms with E-state index in [0.29, 0.717) is 27.8 Å². The van der Waals surface area contributed by atoms with Crippen LogP contribution in [-0.4, -0.2) is 45.4 Å². The highest BCUT2D eigenvalue weighted by atomic mass is 32.2. The number of nitrogens with one attached hydrogen (secondary N) is 2. The number of thioether (sulfide) groups is 1. The van der Waals surface area contributed by atoms with Crippen LogP contribution in [0.25, 0.3) is 0 Å². The van der Waals surface area contributed by atoms with E-state index in [9.17, 15) is 14.4 Å². The molecule has 10 heteroatoms. The lowest BCUT2D eigenvalue weighted by Crippen LogP contribution is -2.28. The van der Waals surface area contributed by atoms with Crippen molar-refractivity contribution in [2.45, 2.75) is 18.1 Å². The zero-order valence-corrected chi connectivity index (χ0v) is 18.7. The quantitative estimate of drug-likeness (QED) is 0.398. The molecule has 32 heavy (non-hydrogen) atoms. The van der Waals surface area contributed by atoms with Crippen molar-refractivity contribution in [3.05, 3.63) is 71.5 Å². The van der Waals surface area contributed by atoms with Gasteiger partial charge in [-0.1, -0.05) is 30.0 Å². The molecule has 1 aromatic heterocycles. The summed E-state index contributed by atoms with van der Waals surface area (Å²) in [6.07, 6.45) is 0. The lowest BCUT2D eigenvalue weighted by molar-refractivity contribution is -0.113. The van der Waals surface area contributed by atoms with E-state index in [1.165, 1.54) is 18.9 Å². The zero-order chi connectivity index (χ0) is 23.1. The summed E-state index contributed by atoms with van der Waals surface area (Å²) in [6.45, 7) is 1.82. The van der Waals surface area contributed by atoms with Crippen molar-refractivity contribution in [1.29, 1.82) is 0 Å². The van der Waals surface area contributed by atoms with Crippen LogP contribution in [0.3, 0.4) is 0 Å². The maximum absolute atomic E-state index is 12.4. The summed E-state index contributed by atoms with van der Waals surface area (Å²) in [5, 5.41) is 14.5. The maximum atomic E-state index is 12.4. The van der Waals surface area contributed by atoms with Gasteiger partial charge in [0.05, 0.1) is 24.5 Å². The van der Waals surface area contributed by atoms with Crippen molar-refractivity contribution < 1.29 is 19.1 Å². The maximum Gasteiger partial charge on any atom is 0.337 e. The van der Waals surface area contributed by atoms with E-state index in [4.69, 9.17) is 0 Å². The first kappa shape index (κ1) is 23.0. The molecule has 0 radical (unpaired) electrons. The third kappa shape index (κ3) is 5.73. The molecule has 2 aromatic carbocycles.